The Hall–Kier alpha value is -3.72. The first kappa shape index (κ1) is 39.5. The zero-order valence-electron chi connectivity index (χ0n) is 30.7. The number of amides is 6. The number of nitrogens with two attached hydrogens (primary N) is 1. The van der Waals surface area contributed by atoms with E-state index in [4.69, 9.17) is 28.9 Å². The number of nitrogens with zero attached hydrogens (tertiary/aromatic N) is 5. The van der Waals surface area contributed by atoms with E-state index in [2.05, 4.69) is 25.9 Å². The van der Waals surface area contributed by atoms with Gasteiger partial charge in [-0.3, -0.25) is 24.0 Å². The van der Waals surface area contributed by atoms with E-state index in [1.165, 1.54) is 4.90 Å². The summed E-state index contributed by atoms with van der Waals surface area (Å²) in [5.41, 5.74) is 3.79. The van der Waals surface area contributed by atoms with Crippen molar-refractivity contribution >= 4 is 64.6 Å². The number of carbonyl (C=O) groups is 6. The Labute approximate surface area is 314 Å². The van der Waals surface area contributed by atoms with Crippen molar-refractivity contribution < 1.29 is 28.8 Å². The number of primary amides is 1. The molecule has 52 heavy (non-hydrogen) atoms. The van der Waals surface area contributed by atoms with E-state index in [-0.39, 0.29) is 24.8 Å². The summed E-state index contributed by atoms with van der Waals surface area (Å²) in [5.74, 6) is -3.83. The van der Waals surface area contributed by atoms with Crippen molar-refractivity contribution in [3.63, 3.8) is 0 Å². The molecule has 0 spiro atoms. The van der Waals surface area contributed by atoms with Crippen LogP contribution < -0.4 is 26.6 Å². The fraction of sp³-hybridized carbons (Fsp3) is 0.714. The number of aromatic nitrogens is 2. The van der Waals surface area contributed by atoms with Gasteiger partial charge in [-0.05, 0) is 29.2 Å². The number of piperazine rings is 1. The standard InChI is InChI=1S/C35H51Cl2N9O6/c1-33(2,3)25(29(50)44-13-15-45(16-14-44)31-39-11-8-12-40-31)42-32(52)43-26(34(4,5)6)30(51)46-18-20-22(35(20,36)37)23(46)28(49)41-21(24(47)27(38)48)17-19-9-7-10-19/h8,11-12,19-23,25-26H,7,9-10,13-18H2,1-6H3,(H2,38,48)(H,41,49)(H2,42,43,52)/t20-,21?,22-,23-,25+,26+/m0/s1. The first-order valence-electron chi connectivity index (χ1n) is 17.9. The average Bonchev–Trinajstić information content (AvgIpc) is 3.36. The van der Waals surface area contributed by atoms with Gasteiger partial charge in [-0.15, -0.1) is 23.2 Å². The van der Waals surface area contributed by atoms with Gasteiger partial charge in [0.2, 0.25) is 29.5 Å². The first-order chi connectivity index (χ1) is 24.2. The number of urea groups is 1. The Morgan fingerprint density at radius 2 is 1.44 bits per heavy atom. The highest BCUT2D eigenvalue weighted by molar-refractivity contribution is 6.51. The Morgan fingerprint density at radius 3 is 1.94 bits per heavy atom. The van der Waals surface area contributed by atoms with Crippen LogP contribution >= 0.6 is 23.2 Å². The molecule has 6 atom stereocenters. The lowest BCUT2D eigenvalue weighted by Crippen LogP contribution is -2.64. The summed E-state index contributed by atoms with van der Waals surface area (Å²) in [5, 5.41) is 8.32. The molecular weight excluding hydrogens is 713 g/mol. The van der Waals surface area contributed by atoms with Gasteiger partial charge in [0.25, 0.3) is 5.91 Å². The molecule has 0 aromatic carbocycles. The lowest BCUT2D eigenvalue weighted by molar-refractivity contribution is -0.144. The second-order valence-corrected chi connectivity index (χ2v) is 18.1. The monoisotopic (exact) mass is 763 g/mol. The summed E-state index contributed by atoms with van der Waals surface area (Å²) in [6.45, 7) is 12.8. The smallest absolute Gasteiger partial charge is 0.316 e. The highest BCUT2D eigenvalue weighted by Crippen LogP contribution is 2.65. The van der Waals surface area contributed by atoms with E-state index in [1.807, 2.05) is 25.7 Å². The number of anilines is 1. The SMILES string of the molecule is CC(C)(C)[C@H](NC(=O)N[C@H](C(=O)N1C[C@H]2[C@@H]([C@H]1C(=O)NC(CC1CCC1)C(=O)C(N)=O)C2(Cl)Cl)C(C)(C)C)C(=O)N1CCN(c2ncccn2)CC1. The Morgan fingerprint density at radius 1 is 0.885 bits per heavy atom. The third-order valence-corrected chi connectivity index (χ3v) is 11.8. The van der Waals surface area contributed by atoms with E-state index in [0.717, 1.165) is 19.3 Å². The Balaban J connectivity index is 1.29. The van der Waals surface area contributed by atoms with E-state index in [9.17, 15) is 28.8 Å². The summed E-state index contributed by atoms with van der Waals surface area (Å²) in [6, 6.07) is -3.35. The number of likely N-dealkylation sites (tertiary alicyclic amines) is 1. The summed E-state index contributed by atoms with van der Waals surface area (Å²) >= 11 is 13.1. The number of hydrogen-bond donors (Lipinski definition) is 4. The topological polar surface area (TPSA) is 200 Å². The minimum absolute atomic E-state index is 0.0463. The maximum Gasteiger partial charge on any atom is 0.316 e. The fourth-order valence-electron chi connectivity index (χ4n) is 7.39. The van der Waals surface area contributed by atoms with Gasteiger partial charge in [0.05, 0.1) is 6.04 Å². The number of fused-ring (bicyclic) bond motifs is 1. The van der Waals surface area contributed by atoms with Gasteiger partial charge >= 0.3 is 6.03 Å². The highest BCUT2D eigenvalue weighted by atomic mass is 35.5. The quantitative estimate of drug-likeness (QED) is 0.191. The van der Waals surface area contributed by atoms with Crippen LogP contribution in [-0.2, 0) is 24.0 Å². The predicted molar refractivity (Wildman–Crippen MR) is 194 cm³/mol. The maximum atomic E-state index is 14.4. The molecule has 1 aromatic heterocycles. The molecule has 6 amide bonds. The molecule has 17 heteroatoms. The number of carbonyl (C=O) groups excluding carboxylic acids is 6. The zero-order chi connectivity index (χ0) is 38.3. The molecule has 4 aliphatic rings. The summed E-state index contributed by atoms with van der Waals surface area (Å²) in [7, 11) is 0. The number of alkyl halides is 2. The predicted octanol–water partition coefficient (Wildman–Crippen LogP) is 1.61. The molecule has 4 fully saturated rings. The van der Waals surface area contributed by atoms with E-state index < -0.39 is 80.7 Å². The normalized spacial score (nSPS) is 24.5. The maximum absolute atomic E-state index is 14.4. The van der Waals surface area contributed by atoms with Crippen LogP contribution in [0.4, 0.5) is 10.7 Å². The number of piperidine rings is 1. The van der Waals surface area contributed by atoms with Crippen LogP contribution in [0.1, 0.15) is 67.2 Å². The number of halogens is 2. The van der Waals surface area contributed by atoms with E-state index >= 15 is 0 Å². The number of hydrogen-bond acceptors (Lipinski definition) is 9. The summed E-state index contributed by atoms with van der Waals surface area (Å²) in [4.78, 5) is 94.1. The van der Waals surface area contributed by atoms with Crippen molar-refractivity contribution in [2.24, 2.45) is 34.3 Å². The molecule has 2 saturated heterocycles. The van der Waals surface area contributed by atoms with Crippen LogP contribution in [-0.4, -0.2) is 116 Å². The molecular formula is C35H51Cl2N9O6. The third-order valence-electron chi connectivity index (χ3n) is 10.8. The first-order valence-corrected chi connectivity index (χ1v) is 18.7. The highest BCUT2D eigenvalue weighted by Gasteiger charge is 2.74. The van der Waals surface area contributed by atoms with Crippen LogP contribution in [0.3, 0.4) is 0 Å². The summed E-state index contributed by atoms with van der Waals surface area (Å²) < 4.78 is -1.27. The second-order valence-electron chi connectivity index (χ2n) is 16.6. The van der Waals surface area contributed by atoms with Gasteiger partial charge in [0, 0.05) is 57.0 Å². The lowest BCUT2D eigenvalue weighted by atomic mass is 9.80. The number of ketones is 1. The molecule has 0 radical (unpaired) electrons. The van der Waals surface area contributed by atoms with Crippen molar-refractivity contribution in [1.29, 1.82) is 0 Å². The third kappa shape index (κ3) is 8.40. The zero-order valence-corrected chi connectivity index (χ0v) is 32.2. The minimum Gasteiger partial charge on any atom is -0.363 e. The van der Waals surface area contributed by atoms with Crippen LogP contribution in [0, 0.1) is 28.6 Å². The van der Waals surface area contributed by atoms with E-state index in [1.54, 1.807) is 44.1 Å². The molecule has 2 aliphatic heterocycles. The molecule has 5 rings (SSSR count). The van der Waals surface area contributed by atoms with Gasteiger partial charge in [-0.2, -0.15) is 0 Å². The van der Waals surface area contributed by atoms with Crippen molar-refractivity contribution in [3.05, 3.63) is 18.5 Å². The second kappa shape index (κ2) is 15.0. The molecule has 2 saturated carbocycles. The molecule has 1 unspecified atom stereocenters. The molecule has 286 valence electrons. The molecule has 5 N–H and O–H groups in total. The Bertz CT molecular complexity index is 1550. The largest absolute Gasteiger partial charge is 0.363 e. The average molecular weight is 765 g/mol. The van der Waals surface area contributed by atoms with Crippen LogP contribution in [0.2, 0.25) is 0 Å². The summed E-state index contributed by atoms with van der Waals surface area (Å²) in [6.07, 6.45) is 6.32. The van der Waals surface area contributed by atoms with Gasteiger partial charge < -0.3 is 36.4 Å². The molecule has 0 bridgehead atoms. The van der Waals surface area contributed by atoms with Gasteiger partial charge in [0.1, 0.15) is 22.5 Å². The van der Waals surface area contributed by atoms with Gasteiger partial charge in [0.15, 0.2) is 0 Å². The van der Waals surface area contributed by atoms with E-state index in [0.29, 0.717) is 32.1 Å². The minimum atomic E-state index is -1.27. The molecule has 2 aliphatic carbocycles. The van der Waals surface area contributed by atoms with Gasteiger partial charge in [-0.25, -0.2) is 14.8 Å². The van der Waals surface area contributed by atoms with Crippen molar-refractivity contribution in [2.75, 3.05) is 37.6 Å². The van der Waals surface area contributed by atoms with Crippen LogP contribution in [0.5, 0.6) is 0 Å². The molecule has 3 heterocycles. The van der Waals surface area contributed by atoms with Crippen LogP contribution in [0.25, 0.3) is 0 Å². The number of nitrogens with one attached hydrogen (secondary N) is 3. The molecule has 15 nitrogen and oxygen atoms in total. The van der Waals surface area contributed by atoms with Crippen molar-refractivity contribution in [3.8, 4) is 0 Å². The number of Topliss-reactive ketones (excluding diaryl/α,β-unsaturated/α-hetero) is 1. The molecule has 1 aromatic rings. The van der Waals surface area contributed by atoms with Crippen molar-refractivity contribution in [2.45, 2.75) is 95.7 Å². The lowest BCUT2D eigenvalue weighted by Gasteiger charge is -2.40. The number of rotatable bonds is 11. The van der Waals surface area contributed by atoms with Crippen LogP contribution in [0.15, 0.2) is 18.5 Å². The Kier molecular flexibility index (Phi) is 11.4. The fourth-order valence-corrected chi connectivity index (χ4v) is 8.21. The van der Waals surface area contributed by atoms with Crippen molar-refractivity contribution in [1.82, 2.24) is 35.7 Å². The van der Waals surface area contributed by atoms with Gasteiger partial charge in [-0.1, -0.05) is 60.8 Å².